The smallest absolute Gasteiger partial charge is 0.103 e. The van der Waals surface area contributed by atoms with Gasteiger partial charge in [0.2, 0.25) is 0 Å². The second-order valence-electron chi connectivity index (χ2n) is 4.93. The van der Waals surface area contributed by atoms with Gasteiger partial charge in [-0.05, 0) is 44.0 Å². The van der Waals surface area contributed by atoms with Crippen LogP contribution in [0.4, 0.5) is 0 Å². The van der Waals surface area contributed by atoms with Crippen molar-refractivity contribution in [3.05, 3.63) is 59.0 Å². The largest absolute Gasteiger partial charge is 0.469 e. The molecule has 0 spiro atoms. The van der Waals surface area contributed by atoms with E-state index in [2.05, 4.69) is 25.2 Å². The molecular weight excluding hydrogens is 258 g/mol. The zero-order valence-electron chi connectivity index (χ0n) is 11.4. The highest BCUT2D eigenvalue weighted by molar-refractivity contribution is 6.31. The zero-order chi connectivity index (χ0) is 13.7. The summed E-state index contributed by atoms with van der Waals surface area (Å²) >= 11 is 6.21. The molecule has 0 fully saturated rings. The van der Waals surface area contributed by atoms with Crippen molar-refractivity contribution < 1.29 is 4.42 Å². The van der Waals surface area contributed by atoms with Gasteiger partial charge >= 0.3 is 0 Å². The van der Waals surface area contributed by atoms with Crippen molar-refractivity contribution in [2.45, 2.75) is 38.8 Å². The van der Waals surface area contributed by atoms with Gasteiger partial charge in [0, 0.05) is 23.5 Å². The second kappa shape index (κ2) is 6.78. The minimum Gasteiger partial charge on any atom is -0.469 e. The first-order valence-electron chi connectivity index (χ1n) is 6.69. The molecule has 1 heterocycles. The van der Waals surface area contributed by atoms with Gasteiger partial charge in [0.15, 0.2) is 0 Å². The van der Waals surface area contributed by atoms with E-state index in [-0.39, 0.29) is 6.04 Å². The molecular formula is C16H20ClNO. The molecule has 2 aromatic rings. The fourth-order valence-electron chi connectivity index (χ4n) is 2.24. The lowest BCUT2D eigenvalue weighted by molar-refractivity contribution is 0.431. The topological polar surface area (TPSA) is 25.2 Å². The van der Waals surface area contributed by atoms with Crippen LogP contribution in [0.15, 0.2) is 47.1 Å². The molecule has 102 valence electrons. The summed E-state index contributed by atoms with van der Waals surface area (Å²) in [4.78, 5) is 0. The van der Waals surface area contributed by atoms with Crippen LogP contribution in [0.5, 0.6) is 0 Å². The molecule has 3 heteroatoms. The lowest BCUT2D eigenvalue weighted by Gasteiger charge is -2.21. The molecule has 0 aliphatic carbocycles. The maximum absolute atomic E-state index is 6.21. The Morgan fingerprint density at radius 3 is 2.63 bits per heavy atom. The van der Waals surface area contributed by atoms with E-state index in [1.165, 1.54) is 0 Å². The van der Waals surface area contributed by atoms with E-state index in [9.17, 15) is 0 Å². The number of hydrogen-bond acceptors (Lipinski definition) is 2. The number of hydrogen-bond donors (Lipinski definition) is 1. The van der Waals surface area contributed by atoms with E-state index in [0.29, 0.717) is 6.04 Å². The second-order valence-corrected chi connectivity index (χ2v) is 5.34. The number of rotatable bonds is 6. The third kappa shape index (κ3) is 4.12. The first-order valence-corrected chi connectivity index (χ1v) is 7.07. The molecule has 0 bridgehead atoms. The average Bonchev–Trinajstić information content (AvgIpc) is 2.90. The molecule has 0 saturated heterocycles. The molecule has 1 N–H and O–H groups in total. The van der Waals surface area contributed by atoms with Crippen molar-refractivity contribution >= 4 is 11.6 Å². The summed E-state index contributed by atoms with van der Waals surface area (Å²) in [6.45, 7) is 4.33. The van der Waals surface area contributed by atoms with E-state index in [1.54, 1.807) is 6.26 Å². The molecule has 0 radical (unpaired) electrons. The van der Waals surface area contributed by atoms with Crippen LogP contribution in [0.1, 0.15) is 37.6 Å². The Kier molecular flexibility index (Phi) is 5.06. The van der Waals surface area contributed by atoms with Crippen molar-refractivity contribution in [3.8, 4) is 0 Å². The molecule has 1 aromatic heterocycles. The lowest BCUT2D eigenvalue weighted by Crippen LogP contribution is -2.29. The molecule has 19 heavy (non-hydrogen) atoms. The van der Waals surface area contributed by atoms with Gasteiger partial charge in [-0.3, -0.25) is 0 Å². The van der Waals surface area contributed by atoms with Crippen LogP contribution < -0.4 is 5.32 Å². The van der Waals surface area contributed by atoms with Gasteiger partial charge in [-0.25, -0.2) is 0 Å². The monoisotopic (exact) mass is 277 g/mol. The fraction of sp³-hybridized carbons (Fsp3) is 0.375. The molecule has 0 aliphatic rings. The maximum Gasteiger partial charge on any atom is 0.103 e. The number of benzene rings is 1. The maximum atomic E-state index is 6.21. The average molecular weight is 278 g/mol. The standard InChI is InChI=1S/C16H20ClNO/c1-12(9-10-14-6-5-11-19-14)18-13(2)15-7-3-4-8-16(15)17/h3-8,11-13,18H,9-10H2,1-2H3/t12?,13-/m1/s1. The van der Waals surface area contributed by atoms with E-state index in [4.69, 9.17) is 16.0 Å². The number of furan rings is 1. The van der Waals surface area contributed by atoms with Crippen molar-refractivity contribution in [1.82, 2.24) is 5.32 Å². The number of aryl methyl sites for hydroxylation is 1. The molecule has 1 unspecified atom stereocenters. The summed E-state index contributed by atoms with van der Waals surface area (Å²) in [5, 5.41) is 4.39. The number of halogens is 1. The molecule has 2 rings (SSSR count). The van der Waals surface area contributed by atoms with Crippen LogP contribution in [0.2, 0.25) is 5.02 Å². The zero-order valence-corrected chi connectivity index (χ0v) is 12.2. The molecule has 0 aliphatic heterocycles. The van der Waals surface area contributed by atoms with Crippen molar-refractivity contribution in [2.75, 3.05) is 0 Å². The van der Waals surface area contributed by atoms with E-state index in [1.807, 2.05) is 30.3 Å². The first-order chi connectivity index (χ1) is 9.16. The predicted molar refractivity (Wildman–Crippen MR) is 79.5 cm³/mol. The van der Waals surface area contributed by atoms with E-state index in [0.717, 1.165) is 29.2 Å². The van der Waals surface area contributed by atoms with Crippen LogP contribution in [0, 0.1) is 0 Å². The Bertz CT molecular complexity index is 495. The summed E-state index contributed by atoms with van der Waals surface area (Å²) in [6.07, 6.45) is 3.72. The van der Waals surface area contributed by atoms with Crippen LogP contribution in [0.3, 0.4) is 0 Å². The van der Waals surface area contributed by atoms with Gasteiger partial charge in [-0.1, -0.05) is 29.8 Å². The minimum absolute atomic E-state index is 0.250. The third-order valence-electron chi connectivity index (χ3n) is 3.31. The van der Waals surface area contributed by atoms with Gasteiger partial charge in [0.05, 0.1) is 6.26 Å². The lowest BCUT2D eigenvalue weighted by atomic mass is 10.1. The summed E-state index contributed by atoms with van der Waals surface area (Å²) in [5.41, 5.74) is 1.15. The van der Waals surface area contributed by atoms with Crippen molar-refractivity contribution in [2.24, 2.45) is 0 Å². The molecule has 0 amide bonds. The molecule has 2 atom stereocenters. The van der Waals surface area contributed by atoms with E-state index < -0.39 is 0 Å². The van der Waals surface area contributed by atoms with Gasteiger partial charge in [-0.2, -0.15) is 0 Å². The summed E-state index contributed by atoms with van der Waals surface area (Å²) in [7, 11) is 0. The third-order valence-corrected chi connectivity index (χ3v) is 3.65. The highest BCUT2D eigenvalue weighted by Gasteiger charge is 2.12. The van der Waals surface area contributed by atoms with Crippen LogP contribution in [-0.4, -0.2) is 6.04 Å². The highest BCUT2D eigenvalue weighted by atomic mass is 35.5. The quantitative estimate of drug-likeness (QED) is 0.834. The summed E-state index contributed by atoms with van der Waals surface area (Å²) < 4.78 is 5.34. The predicted octanol–water partition coefficient (Wildman–Crippen LogP) is 4.60. The number of nitrogens with one attached hydrogen (secondary N) is 1. The normalized spacial score (nSPS) is 14.3. The Hall–Kier alpha value is -1.25. The Morgan fingerprint density at radius 1 is 1.16 bits per heavy atom. The van der Waals surface area contributed by atoms with Gasteiger partial charge < -0.3 is 9.73 Å². The van der Waals surface area contributed by atoms with Gasteiger partial charge in [-0.15, -0.1) is 0 Å². The SMILES string of the molecule is CC(CCc1ccco1)N[C@H](C)c1ccccc1Cl. The van der Waals surface area contributed by atoms with Gasteiger partial charge in [0.1, 0.15) is 5.76 Å². The van der Waals surface area contributed by atoms with E-state index >= 15 is 0 Å². The van der Waals surface area contributed by atoms with Crippen molar-refractivity contribution in [1.29, 1.82) is 0 Å². The Balaban J connectivity index is 1.85. The van der Waals surface area contributed by atoms with Gasteiger partial charge in [0.25, 0.3) is 0 Å². The summed E-state index contributed by atoms with van der Waals surface area (Å²) in [6, 6.07) is 12.6. The molecule has 0 saturated carbocycles. The molecule has 2 nitrogen and oxygen atoms in total. The minimum atomic E-state index is 0.250. The first kappa shape index (κ1) is 14.2. The van der Waals surface area contributed by atoms with Crippen LogP contribution in [-0.2, 0) is 6.42 Å². The summed E-state index contributed by atoms with van der Waals surface area (Å²) in [5.74, 6) is 1.04. The Labute approximate surface area is 119 Å². The van der Waals surface area contributed by atoms with Crippen LogP contribution >= 0.6 is 11.6 Å². The van der Waals surface area contributed by atoms with Crippen LogP contribution in [0.25, 0.3) is 0 Å². The Morgan fingerprint density at radius 2 is 1.95 bits per heavy atom. The van der Waals surface area contributed by atoms with Crippen molar-refractivity contribution in [3.63, 3.8) is 0 Å². The highest BCUT2D eigenvalue weighted by Crippen LogP contribution is 2.22. The molecule has 1 aromatic carbocycles. The fourth-order valence-corrected chi connectivity index (χ4v) is 2.54.